The minimum atomic E-state index is -0.320. The van der Waals surface area contributed by atoms with E-state index in [0.717, 1.165) is 16.5 Å². The Morgan fingerprint density at radius 3 is 2.67 bits per heavy atom. The molecule has 2 aromatic rings. The first kappa shape index (κ1) is 12.3. The lowest BCUT2D eigenvalue weighted by Gasteiger charge is -2.09. The molecule has 0 unspecified atom stereocenters. The van der Waals surface area contributed by atoms with E-state index in [1.807, 2.05) is 42.5 Å². The van der Waals surface area contributed by atoms with Crippen molar-refractivity contribution in [2.75, 3.05) is 11.9 Å². The lowest BCUT2D eigenvalue weighted by Crippen LogP contribution is -2.35. The van der Waals surface area contributed by atoms with Crippen LogP contribution in [-0.2, 0) is 0 Å². The van der Waals surface area contributed by atoms with Crippen LogP contribution in [-0.4, -0.2) is 17.6 Å². The average molecular weight is 259 g/mol. The second-order valence-electron chi connectivity index (χ2n) is 3.80. The van der Waals surface area contributed by atoms with Gasteiger partial charge in [-0.1, -0.05) is 48.6 Å². The van der Waals surface area contributed by atoms with Gasteiger partial charge in [-0.25, -0.2) is 4.79 Å². The molecule has 0 heterocycles. The molecule has 0 aliphatic rings. The summed E-state index contributed by atoms with van der Waals surface area (Å²) in [5, 5.41) is 7.42. The van der Waals surface area contributed by atoms with E-state index in [1.54, 1.807) is 0 Å². The van der Waals surface area contributed by atoms with Gasteiger partial charge in [-0.05, 0) is 11.5 Å². The summed E-state index contributed by atoms with van der Waals surface area (Å²) in [6.45, 7) is 0.186. The number of carbonyl (C=O) groups excluding carboxylic acids is 1. The van der Waals surface area contributed by atoms with Gasteiger partial charge in [0.15, 0.2) is 0 Å². The smallest absolute Gasteiger partial charge is 0.319 e. The maximum Gasteiger partial charge on any atom is 0.319 e. The van der Waals surface area contributed by atoms with Crippen LogP contribution in [0.3, 0.4) is 0 Å². The molecule has 0 aliphatic carbocycles. The molecule has 0 bridgehead atoms. The quantitative estimate of drug-likeness (QED) is 0.741. The van der Waals surface area contributed by atoms with Crippen LogP contribution in [0.2, 0.25) is 0 Å². The highest BCUT2D eigenvalue weighted by Crippen LogP contribution is 2.22. The Bertz CT molecular complexity index is 592. The molecular weight excluding hydrogens is 246 g/mol. The molecule has 0 aromatic heterocycles. The van der Waals surface area contributed by atoms with E-state index in [-0.39, 0.29) is 17.6 Å². The Balaban J connectivity index is 2.16. The summed E-state index contributed by atoms with van der Waals surface area (Å²) in [7, 11) is 0. The first-order valence-electron chi connectivity index (χ1n) is 5.48. The molecule has 18 heavy (non-hydrogen) atoms. The van der Waals surface area contributed by atoms with Crippen molar-refractivity contribution < 1.29 is 4.79 Å². The SMILES string of the molecule is NC(=S)CNC(=O)Nc1cccc2ccccc12. The number of hydrogen-bond donors (Lipinski definition) is 3. The van der Waals surface area contributed by atoms with Gasteiger partial charge in [-0.2, -0.15) is 0 Å². The maximum atomic E-state index is 11.6. The van der Waals surface area contributed by atoms with Crippen LogP contribution in [0.25, 0.3) is 10.8 Å². The van der Waals surface area contributed by atoms with Gasteiger partial charge >= 0.3 is 6.03 Å². The molecule has 0 saturated carbocycles. The third-order valence-corrected chi connectivity index (χ3v) is 2.61. The number of rotatable bonds is 3. The largest absolute Gasteiger partial charge is 0.392 e. The molecule has 0 aliphatic heterocycles. The van der Waals surface area contributed by atoms with Gasteiger partial charge in [-0.3, -0.25) is 0 Å². The van der Waals surface area contributed by atoms with Gasteiger partial charge in [0.2, 0.25) is 0 Å². The lowest BCUT2D eigenvalue weighted by atomic mass is 10.1. The van der Waals surface area contributed by atoms with Crippen molar-refractivity contribution in [3.63, 3.8) is 0 Å². The second kappa shape index (κ2) is 5.46. The van der Waals surface area contributed by atoms with Gasteiger partial charge in [0.25, 0.3) is 0 Å². The number of fused-ring (bicyclic) bond motifs is 1. The molecule has 0 saturated heterocycles. The number of anilines is 1. The summed E-state index contributed by atoms with van der Waals surface area (Å²) in [4.78, 5) is 11.9. The zero-order chi connectivity index (χ0) is 13.0. The van der Waals surface area contributed by atoms with Crippen LogP contribution in [0.4, 0.5) is 10.5 Å². The van der Waals surface area contributed by atoms with E-state index in [9.17, 15) is 4.79 Å². The Kier molecular flexibility index (Phi) is 3.74. The monoisotopic (exact) mass is 259 g/mol. The van der Waals surface area contributed by atoms with Crippen molar-refractivity contribution in [3.8, 4) is 0 Å². The number of hydrogen-bond acceptors (Lipinski definition) is 2. The van der Waals surface area contributed by atoms with Crippen LogP contribution in [0.15, 0.2) is 42.5 Å². The fraction of sp³-hybridized carbons (Fsp3) is 0.0769. The third kappa shape index (κ3) is 2.95. The molecule has 4 N–H and O–H groups in total. The average Bonchev–Trinajstić information content (AvgIpc) is 2.37. The van der Waals surface area contributed by atoms with Crippen molar-refractivity contribution in [1.82, 2.24) is 5.32 Å². The lowest BCUT2D eigenvalue weighted by molar-refractivity contribution is 0.253. The Morgan fingerprint density at radius 2 is 1.89 bits per heavy atom. The molecule has 2 aromatic carbocycles. The summed E-state index contributed by atoms with van der Waals surface area (Å²) >= 11 is 4.69. The summed E-state index contributed by atoms with van der Waals surface area (Å²) in [5.74, 6) is 0. The predicted molar refractivity (Wildman–Crippen MR) is 77.8 cm³/mol. The highest BCUT2D eigenvalue weighted by atomic mass is 32.1. The Labute approximate surface area is 110 Å². The fourth-order valence-corrected chi connectivity index (χ4v) is 1.74. The summed E-state index contributed by atoms with van der Waals surface area (Å²) in [6.07, 6.45) is 0. The zero-order valence-corrected chi connectivity index (χ0v) is 10.5. The molecule has 0 spiro atoms. The molecule has 92 valence electrons. The van der Waals surface area contributed by atoms with E-state index >= 15 is 0 Å². The first-order valence-corrected chi connectivity index (χ1v) is 5.88. The molecule has 2 rings (SSSR count). The van der Waals surface area contributed by atoms with E-state index in [1.165, 1.54) is 0 Å². The maximum absolute atomic E-state index is 11.6. The third-order valence-electron chi connectivity index (χ3n) is 2.46. The number of thiocarbonyl (C=S) groups is 1. The van der Waals surface area contributed by atoms with Gasteiger partial charge in [-0.15, -0.1) is 0 Å². The van der Waals surface area contributed by atoms with Crippen LogP contribution in [0.1, 0.15) is 0 Å². The van der Waals surface area contributed by atoms with Gasteiger partial charge in [0, 0.05) is 5.39 Å². The van der Waals surface area contributed by atoms with Crippen molar-refractivity contribution >= 4 is 39.7 Å². The molecule has 5 heteroatoms. The molecular formula is C13H13N3OS. The van der Waals surface area contributed by atoms with Crippen LogP contribution in [0.5, 0.6) is 0 Å². The van der Waals surface area contributed by atoms with Crippen molar-refractivity contribution in [3.05, 3.63) is 42.5 Å². The summed E-state index contributed by atoms with van der Waals surface area (Å²) in [6, 6.07) is 13.3. The number of amides is 2. The zero-order valence-electron chi connectivity index (χ0n) is 9.64. The Morgan fingerprint density at radius 1 is 1.17 bits per heavy atom. The normalized spacial score (nSPS) is 10.0. The predicted octanol–water partition coefficient (Wildman–Crippen LogP) is 2.25. The highest BCUT2D eigenvalue weighted by molar-refractivity contribution is 7.80. The number of carbonyl (C=O) groups is 1. The standard InChI is InChI=1S/C13H13N3OS/c14-12(18)8-15-13(17)16-11-7-3-5-9-4-1-2-6-10(9)11/h1-7H,8H2,(H2,14,18)(H2,15,16,17). The number of benzene rings is 2. The highest BCUT2D eigenvalue weighted by Gasteiger charge is 2.04. The van der Waals surface area contributed by atoms with E-state index in [0.29, 0.717) is 0 Å². The number of nitrogens with two attached hydrogens (primary N) is 1. The molecule has 4 nitrogen and oxygen atoms in total. The minimum Gasteiger partial charge on any atom is -0.392 e. The van der Waals surface area contributed by atoms with Crippen LogP contribution >= 0.6 is 12.2 Å². The fourth-order valence-electron chi connectivity index (χ4n) is 1.67. The van der Waals surface area contributed by atoms with E-state index in [4.69, 9.17) is 18.0 Å². The molecule has 0 fully saturated rings. The van der Waals surface area contributed by atoms with Crippen LogP contribution < -0.4 is 16.4 Å². The molecule has 0 radical (unpaired) electrons. The van der Waals surface area contributed by atoms with Gasteiger partial charge in [0.1, 0.15) is 0 Å². The molecule has 2 amide bonds. The minimum absolute atomic E-state index is 0.186. The summed E-state index contributed by atoms with van der Waals surface area (Å²) < 4.78 is 0. The van der Waals surface area contributed by atoms with Gasteiger partial charge in [0.05, 0.1) is 17.2 Å². The van der Waals surface area contributed by atoms with Crippen molar-refractivity contribution in [2.24, 2.45) is 5.73 Å². The summed E-state index contributed by atoms with van der Waals surface area (Å²) in [5.41, 5.74) is 6.07. The van der Waals surface area contributed by atoms with Gasteiger partial charge < -0.3 is 16.4 Å². The van der Waals surface area contributed by atoms with E-state index in [2.05, 4.69) is 10.6 Å². The van der Waals surface area contributed by atoms with Crippen molar-refractivity contribution in [1.29, 1.82) is 0 Å². The van der Waals surface area contributed by atoms with Crippen molar-refractivity contribution in [2.45, 2.75) is 0 Å². The first-order chi connectivity index (χ1) is 8.66. The number of urea groups is 1. The topological polar surface area (TPSA) is 67.1 Å². The molecule has 0 atom stereocenters. The van der Waals surface area contributed by atoms with Crippen LogP contribution in [0, 0.1) is 0 Å². The second-order valence-corrected chi connectivity index (χ2v) is 4.33. The number of nitrogens with one attached hydrogen (secondary N) is 2. The Hall–Kier alpha value is -2.14. The van der Waals surface area contributed by atoms with E-state index < -0.39 is 0 Å².